The Labute approximate surface area is 119 Å². The van der Waals surface area contributed by atoms with Crippen LogP contribution in [0.4, 0.5) is 5.82 Å². The van der Waals surface area contributed by atoms with Crippen molar-refractivity contribution in [2.24, 2.45) is 7.05 Å². The lowest BCUT2D eigenvalue weighted by Gasteiger charge is -2.30. The van der Waals surface area contributed by atoms with Crippen LogP contribution in [0.25, 0.3) is 6.08 Å². The van der Waals surface area contributed by atoms with Crippen LogP contribution in [-0.4, -0.2) is 32.9 Å². The minimum absolute atomic E-state index is 0.465. The van der Waals surface area contributed by atoms with Crippen LogP contribution in [0.1, 0.15) is 44.4 Å². The molecule has 5 heteroatoms. The van der Waals surface area contributed by atoms with Gasteiger partial charge in [0.15, 0.2) is 0 Å². The van der Waals surface area contributed by atoms with Crippen molar-refractivity contribution in [2.45, 2.75) is 52.1 Å². The van der Waals surface area contributed by atoms with Gasteiger partial charge in [0.1, 0.15) is 5.82 Å². The topological polar surface area (TPSA) is 58.4 Å². The maximum Gasteiger partial charge on any atom is 0.328 e. The summed E-state index contributed by atoms with van der Waals surface area (Å²) in [5.74, 6) is 0.109. The smallest absolute Gasteiger partial charge is 0.328 e. The minimum Gasteiger partial charge on any atom is -0.478 e. The van der Waals surface area contributed by atoms with Crippen LogP contribution >= 0.6 is 0 Å². The fraction of sp³-hybridized carbons (Fsp3) is 0.600. The summed E-state index contributed by atoms with van der Waals surface area (Å²) >= 11 is 0. The Kier molecular flexibility index (Phi) is 4.16. The lowest BCUT2D eigenvalue weighted by Crippen LogP contribution is -2.36. The molecule has 0 spiro atoms. The van der Waals surface area contributed by atoms with E-state index in [2.05, 4.69) is 23.8 Å². The van der Waals surface area contributed by atoms with Crippen LogP contribution < -0.4 is 4.90 Å². The lowest BCUT2D eigenvalue weighted by molar-refractivity contribution is -0.131. The monoisotopic (exact) mass is 277 g/mol. The van der Waals surface area contributed by atoms with Gasteiger partial charge in [-0.15, -0.1) is 0 Å². The molecule has 2 atom stereocenters. The number of aliphatic carboxylic acids is 1. The van der Waals surface area contributed by atoms with Crippen molar-refractivity contribution in [1.29, 1.82) is 0 Å². The van der Waals surface area contributed by atoms with Crippen molar-refractivity contribution in [2.75, 3.05) is 4.90 Å². The maximum atomic E-state index is 10.8. The highest BCUT2D eigenvalue weighted by atomic mass is 16.4. The molecule has 0 aromatic carbocycles. The van der Waals surface area contributed by atoms with Gasteiger partial charge < -0.3 is 10.0 Å². The molecule has 0 bridgehead atoms. The number of rotatable bonds is 4. The number of nitrogens with zero attached hydrogens (tertiary/aromatic N) is 3. The van der Waals surface area contributed by atoms with Gasteiger partial charge >= 0.3 is 5.97 Å². The third kappa shape index (κ3) is 2.57. The van der Waals surface area contributed by atoms with E-state index >= 15 is 0 Å². The quantitative estimate of drug-likeness (QED) is 0.859. The number of hydrogen-bond donors (Lipinski definition) is 1. The van der Waals surface area contributed by atoms with Crippen molar-refractivity contribution in [1.82, 2.24) is 9.78 Å². The Balaban J connectivity index is 2.47. The van der Waals surface area contributed by atoms with Crippen molar-refractivity contribution in [3.63, 3.8) is 0 Å². The SMILES string of the molecule is CCC1CCC(C)N1c1c(/C=C/C(=O)O)c(C)nn1C. The van der Waals surface area contributed by atoms with Gasteiger partial charge in [0, 0.05) is 30.8 Å². The van der Waals surface area contributed by atoms with Crippen LogP contribution in [0.5, 0.6) is 0 Å². The fourth-order valence-corrected chi connectivity index (χ4v) is 3.17. The summed E-state index contributed by atoms with van der Waals surface area (Å²) < 4.78 is 1.88. The molecule has 1 fully saturated rings. The van der Waals surface area contributed by atoms with Gasteiger partial charge in [-0.2, -0.15) is 5.10 Å². The zero-order valence-electron chi connectivity index (χ0n) is 12.6. The van der Waals surface area contributed by atoms with E-state index in [-0.39, 0.29) is 0 Å². The molecular formula is C15H23N3O2. The standard InChI is InChI=1S/C15H23N3O2/c1-5-12-7-6-10(2)18(12)15-13(8-9-14(19)20)11(3)16-17(15)4/h8-10,12H,5-7H2,1-4H3,(H,19,20)/b9-8+. The molecule has 1 saturated heterocycles. The Bertz CT molecular complexity index is 533. The normalized spacial score (nSPS) is 22.9. The van der Waals surface area contributed by atoms with E-state index < -0.39 is 5.97 Å². The Morgan fingerprint density at radius 1 is 1.50 bits per heavy atom. The fourth-order valence-electron chi connectivity index (χ4n) is 3.17. The van der Waals surface area contributed by atoms with E-state index in [0.717, 1.165) is 23.5 Å². The highest BCUT2D eigenvalue weighted by Crippen LogP contribution is 2.35. The van der Waals surface area contributed by atoms with E-state index in [1.54, 1.807) is 6.08 Å². The van der Waals surface area contributed by atoms with Crippen molar-refractivity contribution < 1.29 is 9.90 Å². The summed E-state index contributed by atoms with van der Waals surface area (Å²) in [5, 5.41) is 13.3. The molecule has 1 aromatic heterocycles. The molecule has 1 aromatic rings. The molecule has 0 radical (unpaired) electrons. The molecule has 2 rings (SSSR count). The van der Waals surface area contributed by atoms with Crippen LogP contribution in [0.15, 0.2) is 6.08 Å². The van der Waals surface area contributed by atoms with Gasteiger partial charge in [-0.05, 0) is 39.2 Å². The summed E-state index contributed by atoms with van der Waals surface area (Å²) in [6, 6.07) is 0.975. The summed E-state index contributed by atoms with van der Waals surface area (Å²) in [6.07, 6.45) is 6.30. The molecular weight excluding hydrogens is 254 g/mol. The average molecular weight is 277 g/mol. The van der Waals surface area contributed by atoms with Gasteiger partial charge in [0.2, 0.25) is 0 Å². The first-order valence-corrected chi connectivity index (χ1v) is 7.18. The summed E-state index contributed by atoms with van der Waals surface area (Å²) in [5.41, 5.74) is 1.79. The van der Waals surface area contributed by atoms with Crippen LogP contribution in [0.2, 0.25) is 0 Å². The zero-order chi connectivity index (χ0) is 14.9. The van der Waals surface area contributed by atoms with E-state index in [4.69, 9.17) is 5.11 Å². The maximum absolute atomic E-state index is 10.8. The van der Waals surface area contributed by atoms with Gasteiger partial charge in [-0.1, -0.05) is 6.92 Å². The van der Waals surface area contributed by atoms with E-state index in [1.807, 2.05) is 18.7 Å². The molecule has 1 aliphatic rings. The predicted molar refractivity (Wildman–Crippen MR) is 79.9 cm³/mol. The summed E-state index contributed by atoms with van der Waals surface area (Å²) in [4.78, 5) is 13.2. The molecule has 1 aliphatic heterocycles. The first-order valence-electron chi connectivity index (χ1n) is 7.18. The van der Waals surface area contributed by atoms with Gasteiger partial charge in [0.25, 0.3) is 0 Å². The van der Waals surface area contributed by atoms with E-state index in [9.17, 15) is 4.79 Å². The number of aryl methyl sites for hydroxylation is 2. The summed E-state index contributed by atoms with van der Waals surface area (Å²) in [6.45, 7) is 6.35. The molecule has 2 unspecified atom stereocenters. The second-order valence-corrected chi connectivity index (χ2v) is 5.51. The lowest BCUT2D eigenvalue weighted by atomic mass is 10.1. The molecule has 1 N–H and O–H groups in total. The van der Waals surface area contributed by atoms with Crippen LogP contribution in [0, 0.1) is 6.92 Å². The molecule has 20 heavy (non-hydrogen) atoms. The van der Waals surface area contributed by atoms with E-state index in [0.29, 0.717) is 12.1 Å². The first-order chi connectivity index (χ1) is 9.45. The molecule has 0 amide bonds. The second kappa shape index (κ2) is 5.69. The Morgan fingerprint density at radius 2 is 2.20 bits per heavy atom. The zero-order valence-corrected chi connectivity index (χ0v) is 12.6. The number of anilines is 1. The minimum atomic E-state index is -0.930. The number of carboxylic acids is 1. The van der Waals surface area contributed by atoms with Gasteiger partial charge in [-0.3, -0.25) is 4.68 Å². The third-order valence-corrected chi connectivity index (χ3v) is 4.13. The predicted octanol–water partition coefficient (Wildman–Crippen LogP) is 2.59. The summed E-state index contributed by atoms with van der Waals surface area (Å²) in [7, 11) is 1.93. The highest BCUT2D eigenvalue weighted by molar-refractivity contribution is 5.87. The Morgan fingerprint density at radius 3 is 2.80 bits per heavy atom. The van der Waals surface area contributed by atoms with Crippen LogP contribution in [0.3, 0.4) is 0 Å². The van der Waals surface area contributed by atoms with Gasteiger partial charge in [0.05, 0.1) is 5.69 Å². The second-order valence-electron chi connectivity index (χ2n) is 5.51. The first kappa shape index (κ1) is 14.6. The van der Waals surface area contributed by atoms with Gasteiger partial charge in [-0.25, -0.2) is 4.79 Å². The number of carboxylic acid groups (broad SMARTS) is 1. The average Bonchev–Trinajstić information content (AvgIpc) is 2.86. The highest BCUT2D eigenvalue weighted by Gasteiger charge is 2.33. The van der Waals surface area contributed by atoms with Crippen LogP contribution in [-0.2, 0) is 11.8 Å². The number of aromatic nitrogens is 2. The molecule has 5 nitrogen and oxygen atoms in total. The third-order valence-electron chi connectivity index (χ3n) is 4.13. The molecule has 110 valence electrons. The largest absolute Gasteiger partial charge is 0.478 e. The Hall–Kier alpha value is -1.78. The van der Waals surface area contributed by atoms with Crippen molar-refractivity contribution in [3.05, 3.63) is 17.3 Å². The number of hydrogen-bond acceptors (Lipinski definition) is 3. The molecule has 2 heterocycles. The molecule has 0 aliphatic carbocycles. The van der Waals surface area contributed by atoms with E-state index in [1.165, 1.54) is 18.9 Å². The van der Waals surface area contributed by atoms with Crippen molar-refractivity contribution >= 4 is 17.9 Å². The number of carbonyl (C=O) groups is 1. The van der Waals surface area contributed by atoms with Crippen molar-refractivity contribution in [3.8, 4) is 0 Å². The molecule has 0 saturated carbocycles.